The normalized spacial score (nSPS) is 12.2. The fraction of sp³-hybridized carbons (Fsp3) is 0.462. The van der Waals surface area contributed by atoms with Crippen LogP contribution in [0, 0.1) is 0 Å². The molecular weight excluding hydrogens is 254 g/mol. The number of hydrogen-bond acceptors (Lipinski definition) is 3. The number of carboxylic acids is 1. The van der Waals surface area contributed by atoms with Crippen LogP contribution in [0.25, 0.3) is 0 Å². The molecule has 0 heterocycles. The molecule has 0 amide bonds. The van der Waals surface area contributed by atoms with Crippen molar-refractivity contribution < 1.29 is 14.6 Å². The van der Waals surface area contributed by atoms with Gasteiger partial charge in [0.25, 0.3) is 0 Å². The predicted octanol–water partition coefficient (Wildman–Crippen LogP) is 2.69. The molecule has 0 spiro atoms. The summed E-state index contributed by atoms with van der Waals surface area (Å²) in [6.07, 6.45) is 0.926. The van der Waals surface area contributed by atoms with E-state index in [0.29, 0.717) is 23.9 Å². The monoisotopic (exact) mass is 271 g/mol. The van der Waals surface area contributed by atoms with E-state index in [1.807, 2.05) is 13.0 Å². The maximum absolute atomic E-state index is 10.7. The van der Waals surface area contributed by atoms with E-state index in [0.717, 1.165) is 12.0 Å². The molecule has 0 radical (unpaired) electrons. The molecule has 1 aromatic carbocycles. The molecule has 0 aromatic heterocycles. The number of ether oxygens (including phenoxy) is 1. The first kappa shape index (κ1) is 14.8. The molecule has 5 heteroatoms. The molecule has 0 aliphatic rings. The van der Waals surface area contributed by atoms with Crippen molar-refractivity contribution in [3.63, 3.8) is 0 Å². The van der Waals surface area contributed by atoms with Crippen LogP contribution in [0.15, 0.2) is 18.2 Å². The Bertz CT molecular complexity index is 409. The van der Waals surface area contributed by atoms with Crippen molar-refractivity contribution in [3.8, 4) is 5.75 Å². The van der Waals surface area contributed by atoms with Gasteiger partial charge in [-0.15, -0.1) is 0 Å². The Hall–Kier alpha value is -1.26. The first-order valence-electron chi connectivity index (χ1n) is 5.92. The molecule has 1 rings (SSSR count). The average Bonchev–Trinajstić information content (AvgIpc) is 2.34. The highest BCUT2D eigenvalue weighted by Gasteiger charge is 2.10. The van der Waals surface area contributed by atoms with Gasteiger partial charge in [-0.3, -0.25) is 4.79 Å². The number of benzene rings is 1. The van der Waals surface area contributed by atoms with E-state index in [9.17, 15) is 4.79 Å². The van der Waals surface area contributed by atoms with Gasteiger partial charge in [-0.2, -0.15) is 0 Å². The zero-order chi connectivity index (χ0) is 13.5. The molecular formula is C13H18ClNO3. The minimum absolute atomic E-state index is 0.460. The zero-order valence-corrected chi connectivity index (χ0v) is 11.3. The number of nitrogens with one attached hydrogen (secondary N) is 1. The van der Waals surface area contributed by atoms with Crippen LogP contribution >= 0.6 is 11.6 Å². The van der Waals surface area contributed by atoms with Crippen molar-refractivity contribution in [1.82, 2.24) is 5.32 Å². The van der Waals surface area contributed by atoms with E-state index < -0.39 is 12.0 Å². The predicted molar refractivity (Wildman–Crippen MR) is 71.2 cm³/mol. The molecule has 0 aliphatic heterocycles. The first-order chi connectivity index (χ1) is 8.54. The van der Waals surface area contributed by atoms with Gasteiger partial charge in [0.15, 0.2) is 0 Å². The van der Waals surface area contributed by atoms with Gasteiger partial charge in [0.2, 0.25) is 0 Å². The SMILES string of the molecule is CCCOc1ccc(CNC(C)C(=O)O)cc1Cl. The van der Waals surface area contributed by atoms with Crippen LogP contribution in [0.4, 0.5) is 0 Å². The van der Waals surface area contributed by atoms with Crippen LogP contribution in [-0.2, 0) is 11.3 Å². The average molecular weight is 272 g/mol. The molecule has 0 saturated heterocycles. The molecule has 0 fully saturated rings. The Morgan fingerprint density at radius 3 is 2.83 bits per heavy atom. The second kappa shape index (κ2) is 7.24. The molecule has 1 atom stereocenters. The highest BCUT2D eigenvalue weighted by molar-refractivity contribution is 6.32. The summed E-state index contributed by atoms with van der Waals surface area (Å²) >= 11 is 6.07. The van der Waals surface area contributed by atoms with Crippen molar-refractivity contribution in [2.24, 2.45) is 0 Å². The van der Waals surface area contributed by atoms with Crippen LogP contribution in [-0.4, -0.2) is 23.7 Å². The van der Waals surface area contributed by atoms with Gasteiger partial charge in [-0.25, -0.2) is 0 Å². The molecule has 4 nitrogen and oxygen atoms in total. The van der Waals surface area contributed by atoms with E-state index in [1.54, 1.807) is 19.1 Å². The third-order valence-electron chi connectivity index (χ3n) is 2.44. The van der Waals surface area contributed by atoms with Crippen LogP contribution in [0.2, 0.25) is 5.02 Å². The molecule has 1 unspecified atom stereocenters. The summed E-state index contributed by atoms with van der Waals surface area (Å²) in [6.45, 7) is 4.72. The lowest BCUT2D eigenvalue weighted by Gasteiger charge is -2.11. The summed E-state index contributed by atoms with van der Waals surface area (Å²) < 4.78 is 5.46. The molecule has 0 bridgehead atoms. The minimum atomic E-state index is -0.871. The van der Waals surface area contributed by atoms with Crippen molar-refractivity contribution >= 4 is 17.6 Å². The summed E-state index contributed by atoms with van der Waals surface area (Å²) in [4.78, 5) is 10.7. The third kappa shape index (κ3) is 4.55. The van der Waals surface area contributed by atoms with Crippen molar-refractivity contribution in [1.29, 1.82) is 0 Å². The first-order valence-corrected chi connectivity index (χ1v) is 6.29. The lowest BCUT2D eigenvalue weighted by atomic mass is 10.2. The summed E-state index contributed by atoms with van der Waals surface area (Å²) in [7, 11) is 0. The maximum atomic E-state index is 10.7. The lowest BCUT2D eigenvalue weighted by molar-refractivity contribution is -0.139. The van der Waals surface area contributed by atoms with E-state index in [2.05, 4.69) is 5.32 Å². The Morgan fingerprint density at radius 2 is 2.28 bits per heavy atom. The topological polar surface area (TPSA) is 58.6 Å². The molecule has 0 saturated carbocycles. The number of aliphatic carboxylic acids is 1. The van der Waals surface area contributed by atoms with Gasteiger partial charge in [-0.05, 0) is 31.0 Å². The number of carboxylic acid groups (broad SMARTS) is 1. The second-order valence-electron chi connectivity index (χ2n) is 4.05. The third-order valence-corrected chi connectivity index (χ3v) is 2.74. The van der Waals surface area contributed by atoms with Gasteiger partial charge in [0.1, 0.15) is 11.8 Å². The van der Waals surface area contributed by atoms with Crippen LogP contribution in [0.5, 0.6) is 5.75 Å². The maximum Gasteiger partial charge on any atom is 0.320 e. The van der Waals surface area contributed by atoms with Gasteiger partial charge in [0, 0.05) is 6.54 Å². The lowest BCUT2D eigenvalue weighted by Crippen LogP contribution is -2.33. The number of carbonyl (C=O) groups is 1. The van der Waals surface area contributed by atoms with Gasteiger partial charge >= 0.3 is 5.97 Å². The summed E-state index contributed by atoms with van der Waals surface area (Å²) in [6, 6.07) is 4.88. The minimum Gasteiger partial charge on any atom is -0.492 e. The highest BCUT2D eigenvalue weighted by Crippen LogP contribution is 2.25. The quantitative estimate of drug-likeness (QED) is 0.801. The fourth-order valence-corrected chi connectivity index (χ4v) is 1.60. The van der Waals surface area contributed by atoms with Crippen LogP contribution in [0.3, 0.4) is 0 Å². The zero-order valence-electron chi connectivity index (χ0n) is 10.6. The Morgan fingerprint density at radius 1 is 1.56 bits per heavy atom. The number of halogens is 1. The van der Waals surface area contributed by atoms with Gasteiger partial charge in [-0.1, -0.05) is 24.6 Å². The summed E-state index contributed by atoms with van der Waals surface area (Å²) in [5, 5.41) is 12.2. The van der Waals surface area contributed by atoms with Gasteiger partial charge < -0.3 is 15.2 Å². The number of rotatable bonds is 7. The van der Waals surface area contributed by atoms with Crippen molar-refractivity contribution in [2.45, 2.75) is 32.9 Å². The van der Waals surface area contributed by atoms with E-state index in [1.165, 1.54) is 0 Å². The Balaban J connectivity index is 2.58. The second-order valence-corrected chi connectivity index (χ2v) is 4.46. The summed E-state index contributed by atoms with van der Waals surface area (Å²) in [5.41, 5.74) is 0.928. The Kier molecular flexibility index (Phi) is 5.95. The van der Waals surface area contributed by atoms with E-state index in [-0.39, 0.29) is 0 Å². The molecule has 18 heavy (non-hydrogen) atoms. The number of hydrogen-bond donors (Lipinski definition) is 2. The van der Waals surface area contributed by atoms with Crippen LogP contribution in [0.1, 0.15) is 25.8 Å². The van der Waals surface area contributed by atoms with E-state index >= 15 is 0 Å². The van der Waals surface area contributed by atoms with Crippen LogP contribution < -0.4 is 10.1 Å². The standard InChI is InChI=1S/C13H18ClNO3/c1-3-6-18-12-5-4-10(7-11(12)14)8-15-9(2)13(16)17/h4-5,7,9,15H,3,6,8H2,1-2H3,(H,16,17). The van der Waals surface area contributed by atoms with Crippen molar-refractivity contribution in [3.05, 3.63) is 28.8 Å². The smallest absolute Gasteiger partial charge is 0.320 e. The summed E-state index contributed by atoms with van der Waals surface area (Å²) in [5.74, 6) is -0.211. The van der Waals surface area contributed by atoms with Crippen molar-refractivity contribution in [2.75, 3.05) is 6.61 Å². The van der Waals surface area contributed by atoms with Gasteiger partial charge in [0.05, 0.1) is 11.6 Å². The fourth-order valence-electron chi connectivity index (χ4n) is 1.34. The van der Waals surface area contributed by atoms with E-state index in [4.69, 9.17) is 21.4 Å². The Labute approximate surface area is 112 Å². The largest absolute Gasteiger partial charge is 0.492 e. The highest BCUT2D eigenvalue weighted by atomic mass is 35.5. The molecule has 1 aromatic rings. The molecule has 2 N–H and O–H groups in total. The molecule has 100 valence electrons. The molecule has 0 aliphatic carbocycles.